The molecule has 0 fully saturated rings. The number of hydrogen-bond acceptors (Lipinski definition) is 8. The number of methoxy groups -OCH3 is 1. The third kappa shape index (κ3) is 4.18. The molecule has 0 saturated heterocycles. The molecule has 34 heavy (non-hydrogen) atoms. The summed E-state index contributed by atoms with van der Waals surface area (Å²) in [6.45, 7) is 2.02. The molecule has 2 aromatic heterocycles. The van der Waals surface area contributed by atoms with E-state index in [1.165, 1.54) is 13.3 Å². The van der Waals surface area contributed by atoms with Gasteiger partial charge >= 0.3 is 5.69 Å². The first-order valence-corrected chi connectivity index (χ1v) is 10.5. The van der Waals surface area contributed by atoms with Gasteiger partial charge in [0, 0.05) is 17.5 Å². The van der Waals surface area contributed by atoms with Crippen molar-refractivity contribution in [3.05, 3.63) is 68.7 Å². The minimum Gasteiger partial charge on any atom is -0.494 e. The van der Waals surface area contributed by atoms with Crippen molar-refractivity contribution in [2.45, 2.75) is 19.8 Å². The summed E-state index contributed by atoms with van der Waals surface area (Å²) in [6, 6.07) is 9.23. The van der Waals surface area contributed by atoms with Crippen molar-refractivity contribution in [3.63, 3.8) is 0 Å². The maximum absolute atomic E-state index is 14.0. The Morgan fingerprint density at radius 3 is 2.82 bits per heavy atom. The van der Waals surface area contributed by atoms with Crippen molar-refractivity contribution in [1.82, 2.24) is 19.7 Å². The van der Waals surface area contributed by atoms with Crippen LogP contribution in [0, 0.1) is 27.3 Å². The van der Waals surface area contributed by atoms with E-state index in [4.69, 9.17) is 16.3 Å². The van der Waals surface area contributed by atoms with Crippen LogP contribution in [-0.2, 0) is 6.42 Å². The Hall–Kier alpha value is -4.30. The summed E-state index contributed by atoms with van der Waals surface area (Å²) in [5.41, 5.74) is 1.36. The second kappa shape index (κ2) is 9.29. The number of benzene rings is 2. The second-order valence-electron chi connectivity index (χ2n) is 7.20. The van der Waals surface area contributed by atoms with Crippen LogP contribution in [0.25, 0.3) is 16.7 Å². The van der Waals surface area contributed by atoms with Crippen molar-refractivity contribution in [3.8, 4) is 17.6 Å². The van der Waals surface area contributed by atoms with Crippen LogP contribution >= 0.6 is 11.6 Å². The monoisotopic (exact) mass is 481 g/mol. The highest BCUT2D eigenvalue weighted by molar-refractivity contribution is 6.32. The van der Waals surface area contributed by atoms with E-state index in [9.17, 15) is 19.8 Å². The fourth-order valence-corrected chi connectivity index (χ4v) is 3.64. The Labute approximate surface area is 197 Å². The summed E-state index contributed by atoms with van der Waals surface area (Å²) in [5.74, 6) is -0.713. The lowest BCUT2D eigenvalue weighted by Crippen LogP contribution is -2.07. The Bertz CT molecular complexity index is 1470. The minimum atomic E-state index is -1.03. The highest BCUT2D eigenvalue weighted by Crippen LogP contribution is 2.34. The number of aromatic nitrogens is 4. The summed E-state index contributed by atoms with van der Waals surface area (Å²) in [5, 5.41) is 28.9. The number of hydrogen-bond donors (Lipinski definition) is 1. The van der Waals surface area contributed by atoms with Gasteiger partial charge in [0.15, 0.2) is 5.82 Å². The smallest absolute Gasteiger partial charge is 0.307 e. The van der Waals surface area contributed by atoms with Gasteiger partial charge in [-0.3, -0.25) is 10.1 Å². The SMILES string of the molecule is CCCc1nn(-c2nc(Nc3cc([N+](=O)[O-])c(F)cc3OC)ncc2Cl)c2ccc(C#N)cc12. The fourth-order valence-electron chi connectivity index (χ4n) is 3.47. The summed E-state index contributed by atoms with van der Waals surface area (Å²) in [6.07, 6.45) is 2.88. The zero-order valence-corrected chi connectivity index (χ0v) is 18.8. The lowest BCUT2D eigenvalue weighted by Gasteiger charge is -2.12. The highest BCUT2D eigenvalue weighted by Gasteiger charge is 2.21. The zero-order valence-electron chi connectivity index (χ0n) is 18.0. The molecule has 2 aromatic carbocycles. The normalized spacial score (nSPS) is 10.8. The van der Waals surface area contributed by atoms with Gasteiger partial charge in [-0.1, -0.05) is 24.9 Å². The summed E-state index contributed by atoms with van der Waals surface area (Å²) >= 11 is 6.40. The van der Waals surface area contributed by atoms with Crippen LogP contribution in [0.5, 0.6) is 5.75 Å². The minimum absolute atomic E-state index is 0.0296. The van der Waals surface area contributed by atoms with E-state index in [1.807, 2.05) is 6.92 Å². The molecule has 0 atom stereocenters. The molecular weight excluding hydrogens is 465 g/mol. The van der Waals surface area contributed by atoms with Crippen molar-refractivity contribution in [1.29, 1.82) is 5.26 Å². The maximum atomic E-state index is 14.0. The lowest BCUT2D eigenvalue weighted by molar-refractivity contribution is -0.387. The molecular formula is C22H17ClFN7O3. The van der Waals surface area contributed by atoms with Gasteiger partial charge < -0.3 is 10.1 Å². The van der Waals surface area contributed by atoms with E-state index < -0.39 is 16.4 Å². The van der Waals surface area contributed by atoms with E-state index in [-0.39, 0.29) is 28.2 Å². The third-order valence-corrected chi connectivity index (χ3v) is 5.28. The molecule has 2 heterocycles. The van der Waals surface area contributed by atoms with Crippen LogP contribution in [0.1, 0.15) is 24.6 Å². The van der Waals surface area contributed by atoms with Gasteiger partial charge in [-0.05, 0) is 24.6 Å². The van der Waals surface area contributed by atoms with Crippen LogP contribution in [-0.4, -0.2) is 31.8 Å². The van der Waals surface area contributed by atoms with Crippen LogP contribution in [0.2, 0.25) is 5.02 Å². The van der Waals surface area contributed by atoms with Gasteiger partial charge in [-0.15, -0.1) is 0 Å². The number of nitriles is 1. The molecule has 4 aromatic rings. The molecule has 10 nitrogen and oxygen atoms in total. The molecule has 0 unspecified atom stereocenters. The number of nitro benzene ring substituents is 1. The number of fused-ring (bicyclic) bond motifs is 1. The van der Waals surface area contributed by atoms with Crippen molar-refractivity contribution >= 4 is 39.8 Å². The van der Waals surface area contributed by atoms with E-state index in [1.54, 1.807) is 22.9 Å². The second-order valence-corrected chi connectivity index (χ2v) is 7.61. The third-order valence-electron chi connectivity index (χ3n) is 5.01. The number of nitrogens with zero attached hydrogens (tertiary/aromatic N) is 6. The van der Waals surface area contributed by atoms with Gasteiger partial charge in [0.25, 0.3) is 0 Å². The molecule has 1 N–H and O–H groups in total. The van der Waals surface area contributed by atoms with E-state index in [2.05, 4.69) is 26.5 Å². The van der Waals surface area contributed by atoms with Gasteiger partial charge in [-0.25, -0.2) is 9.67 Å². The summed E-state index contributed by atoms with van der Waals surface area (Å²) < 4.78 is 20.7. The number of ether oxygens (including phenoxy) is 1. The van der Waals surface area contributed by atoms with Gasteiger partial charge in [0.2, 0.25) is 11.8 Å². The number of anilines is 2. The highest BCUT2D eigenvalue weighted by atomic mass is 35.5. The molecule has 12 heteroatoms. The molecule has 0 spiro atoms. The lowest BCUT2D eigenvalue weighted by atomic mass is 10.1. The van der Waals surface area contributed by atoms with E-state index in [0.29, 0.717) is 17.5 Å². The number of nitro groups is 1. The number of nitrogens with one attached hydrogen (secondary N) is 1. The first kappa shape index (κ1) is 22.9. The molecule has 0 saturated carbocycles. The average molecular weight is 482 g/mol. The van der Waals surface area contributed by atoms with Crippen LogP contribution in [0.3, 0.4) is 0 Å². The molecule has 0 amide bonds. The van der Waals surface area contributed by atoms with Crippen LogP contribution in [0.15, 0.2) is 36.5 Å². The molecule has 0 aliphatic rings. The topological polar surface area (TPSA) is 132 Å². The summed E-state index contributed by atoms with van der Waals surface area (Å²) in [4.78, 5) is 18.9. The van der Waals surface area contributed by atoms with Crippen LogP contribution in [0.4, 0.5) is 21.7 Å². The number of halogens is 2. The average Bonchev–Trinajstić information content (AvgIpc) is 3.18. The van der Waals surface area contributed by atoms with Gasteiger partial charge in [0.1, 0.15) is 10.8 Å². The van der Waals surface area contributed by atoms with Crippen molar-refractivity contribution in [2.75, 3.05) is 12.4 Å². The Morgan fingerprint density at radius 2 is 2.15 bits per heavy atom. The zero-order chi connectivity index (χ0) is 24.4. The standard InChI is InChI=1S/C22H17ClFN7O3/c1-3-4-16-13-7-12(10-25)5-6-18(13)30(29-16)21-14(23)11-26-22(28-21)27-17-9-19(31(32)33)15(24)8-20(17)34-2/h5-9,11H,3-4H2,1-2H3,(H,26,27,28). The summed E-state index contributed by atoms with van der Waals surface area (Å²) in [7, 11) is 1.31. The van der Waals surface area contributed by atoms with Crippen molar-refractivity contribution < 1.29 is 14.1 Å². The quantitative estimate of drug-likeness (QED) is 0.285. The van der Waals surface area contributed by atoms with E-state index >= 15 is 0 Å². The Kier molecular flexibility index (Phi) is 6.25. The molecule has 0 radical (unpaired) electrons. The predicted octanol–water partition coefficient (Wildman–Crippen LogP) is 5.09. The van der Waals surface area contributed by atoms with Gasteiger partial charge in [0.05, 0.1) is 46.8 Å². The van der Waals surface area contributed by atoms with E-state index in [0.717, 1.165) is 29.6 Å². The Balaban J connectivity index is 1.82. The molecule has 0 bridgehead atoms. The fraction of sp³-hybridized carbons (Fsp3) is 0.182. The predicted molar refractivity (Wildman–Crippen MR) is 123 cm³/mol. The largest absolute Gasteiger partial charge is 0.494 e. The Morgan fingerprint density at radius 1 is 1.35 bits per heavy atom. The van der Waals surface area contributed by atoms with Crippen LogP contribution < -0.4 is 10.1 Å². The molecule has 4 rings (SSSR count). The molecule has 172 valence electrons. The number of aryl methyl sites for hydroxylation is 1. The number of rotatable bonds is 7. The van der Waals surface area contributed by atoms with Gasteiger partial charge in [-0.2, -0.15) is 19.7 Å². The maximum Gasteiger partial charge on any atom is 0.307 e. The first-order chi connectivity index (χ1) is 16.4. The molecule has 0 aliphatic heterocycles. The first-order valence-electron chi connectivity index (χ1n) is 10.1. The molecule has 0 aliphatic carbocycles. The van der Waals surface area contributed by atoms with Crippen molar-refractivity contribution in [2.24, 2.45) is 0 Å².